The van der Waals surface area contributed by atoms with Crippen molar-refractivity contribution in [3.8, 4) is 17.0 Å². The maximum absolute atomic E-state index is 4.98. The van der Waals surface area contributed by atoms with E-state index < -0.39 is 0 Å². The van der Waals surface area contributed by atoms with Crippen molar-refractivity contribution in [3.63, 3.8) is 0 Å². The van der Waals surface area contributed by atoms with Gasteiger partial charge in [-0.2, -0.15) is 0 Å². The maximum atomic E-state index is 4.98. The van der Waals surface area contributed by atoms with Gasteiger partial charge >= 0.3 is 0 Å². The van der Waals surface area contributed by atoms with Crippen molar-refractivity contribution in [2.24, 2.45) is 0 Å². The van der Waals surface area contributed by atoms with Crippen LogP contribution in [0.2, 0.25) is 0 Å². The first-order valence-electron chi connectivity index (χ1n) is 3.80. The van der Waals surface area contributed by atoms with E-state index in [1.165, 1.54) is 0 Å². The van der Waals surface area contributed by atoms with Gasteiger partial charge in [0.15, 0.2) is 0 Å². The molecule has 0 aliphatic rings. The highest BCUT2D eigenvalue weighted by Crippen LogP contribution is 2.17. The second-order valence-electron chi connectivity index (χ2n) is 2.50. The molecule has 0 aliphatic heterocycles. The van der Waals surface area contributed by atoms with E-state index in [0.29, 0.717) is 0 Å². The Morgan fingerprint density at radius 3 is 2.77 bits per heavy atom. The van der Waals surface area contributed by atoms with Crippen LogP contribution in [0.25, 0.3) is 11.3 Å². The van der Waals surface area contributed by atoms with Gasteiger partial charge in [0.1, 0.15) is 12.0 Å². The van der Waals surface area contributed by atoms with Crippen LogP contribution in [0.1, 0.15) is 0 Å². The predicted molar refractivity (Wildman–Crippen MR) is 46.3 cm³/mol. The summed E-state index contributed by atoms with van der Waals surface area (Å²) in [7, 11) is 1.61. The summed E-state index contributed by atoms with van der Waals surface area (Å²) in [6.45, 7) is 0. The molecule has 2 aromatic rings. The summed E-state index contributed by atoms with van der Waals surface area (Å²) in [5.74, 6) is 0.736. The van der Waals surface area contributed by atoms with Gasteiger partial charge in [-0.25, -0.2) is 0 Å². The molecule has 0 saturated heterocycles. The summed E-state index contributed by atoms with van der Waals surface area (Å²) < 4.78 is 9.69. The number of hydrogen-bond acceptors (Lipinski definition) is 4. The zero-order valence-electron chi connectivity index (χ0n) is 7.10. The summed E-state index contributed by atoms with van der Waals surface area (Å²) in [6, 6.07) is 3.70. The van der Waals surface area contributed by atoms with Crippen molar-refractivity contribution in [2.45, 2.75) is 0 Å². The van der Waals surface area contributed by atoms with Gasteiger partial charge in [0.05, 0.1) is 30.8 Å². The van der Waals surface area contributed by atoms with Gasteiger partial charge in [-0.1, -0.05) is 5.16 Å². The van der Waals surface area contributed by atoms with Gasteiger partial charge in [-0.15, -0.1) is 0 Å². The van der Waals surface area contributed by atoms with Gasteiger partial charge in [-0.05, 0) is 12.1 Å². The Labute approximate surface area is 75.2 Å². The number of aromatic nitrogens is 2. The minimum Gasteiger partial charge on any atom is -0.495 e. The highest BCUT2D eigenvalue weighted by Gasteiger charge is 2.00. The fourth-order valence-corrected chi connectivity index (χ4v) is 1.00. The Bertz CT molecular complexity index is 367. The molecule has 4 nitrogen and oxygen atoms in total. The van der Waals surface area contributed by atoms with Crippen LogP contribution in [0.4, 0.5) is 0 Å². The first-order valence-corrected chi connectivity index (χ1v) is 3.80. The van der Waals surface area contributed by atoms with Crippen molar-refractivity contribution in [3.05, 3.63) is 30.8 Å². The van der Waals surface area contributed by atoms with Crippen molar-refractivity contribution < 1.29 is 9.26 Å². The summed E-state index contributed by atoms with van der Waals surface area (Å²) in [5.41, 5.74) is 1.68. The number of nitrogens with zero attached hydrogens (tertiary/aromatic N) is 2. The standard InChI is InChI=1S/C9H8N2O2/c1-12-8-2-3-9(10-5-8)7-4-11-13-6-7/h2-6H,1H3. The minimum absolute atomic E-state index is 0.736. The summed E-state index contributed by atoms with van der Waals surface area (Å²) >= 11 is 0. The lowest BCUT2D eigenvalue weighted by Crippen LogP contribution is -1.85. The normalized spacial score (nSPS) is 9.92. The molecule has 13 heavy (non-hydrogen) atoms. The van der Waals surface area contributed by atoms with Crippen LogP contribution >= 0.6 is 0 Å². The average molecular weight is 176 g/mol. The summed E-state index contributed by atoms with van der Waals surface area (Å²) in [5, 5.41) is 3.59. The van der Waals surface area contributed by atoms with Gasteiger partial charge in [0, 0.05) is 0 Å². The Balaban J connectivity index is 2.33. The van der Waals surface area contributed by atoms with Crippen LogP contribution in [0.3, 0.4) is 0 Å². The lowest BCUT2D eigenvalue weighted by atomic mass is 10.2. The third-order valence-corrected chi connectivity index (χ3v) is 1.70. The Hall–Kier alpha value is -1.84. The first kappa shape index (κ1) is 7.79. The fourth-order valence-electron chi connectivity index (χ4n) is 1.00. The number of pyridine rings is 1. The molecule has 2 heterocycles. The molecule has 0 spiro atoms. The van der Waals surface area contributed by atoms with Gasteiger partial charge in [-0.3, -0.25) is 4.98 Å². The number of ether oxygens (including phenoxy) is 1. The van der Waals surface area contributed by atoms with E-state index in [2.05, 4.69) is 10.1 Å². The summed E-state index contributed by atoms with van der Waals surface area (Å²) in [4.78, 5) is 4.17. The predicted octanol–water partition coefficient (Wildman–Crippen LogP) is 1.75. The molecule has 0 unspecified atom stereocenters. The highest BCUT2D eigenvalue weighted by molar-refractivity contribution is 5.56. The third-order valence-electron chi connectivity index (χ3n) is 1.70. The highest BCUT2D eigenvalue weighted by atomic mass is 16.5. The van der Waals surface area contributed by atoms with Crippen molar-refractivity contribution in [2.75, 3.05) is 7.11 Å². The molecular formula is C9H8N2O2. The van der Waals surface area contributed by atoms with E-state index in [9.17, 15) is 0 Å². The first-order chi connectivity index (χ1) is 6.40. The molecule has 0 radical (unpaired) electrons. The molecular weight excluding hydrogens is 168 g/mol. The van der Waals surface area contributed by atoms with Crippen molar-refractivity contribution in [1.82, 2.24) is 10.1 Å². The third kappa shape index (κ3) is 1.51. The smallest absolute Gasteiger partial charge is 0.137 e. The average Bonchev–Trinajstić information content (AvgIpc) is 2.71. The van der Waals surface area contributed by atoms with Crippen LogP contribution in [0, 0.1) is 0 Å². The second kappa shape index (κ2) is 3.26. The largest absolute Gasteiger partial charge is 0.495 e. The van der Waals surface area contributed by atoms with E-state index in [4.69, 9.17) is 9.26 Å². The van der Waals surface area contributed by atoms with Crippen LogP contribution in [0.15, 0.2) is 35.3 Å². The summed E-state index contributed by atoms with van der Waals surface area (Å²) in [6.07, 6.45) is 4.83. The van der Waals surface area contributed by atoms with E-state index in [0.717, 1.165) is 17.0 Å². The Kier molecular flexibility index (Phi) is 1.96. The molecule has 66 valence electrons. The molecule has 0 aliphatic carbocycles. The molecule has 0 aromatic carbocycles. The van der Waals surface area contributed by atoms with E-state index >= 15 is 0 Å². The van der Waals surface area contributed by atoms with Crippen LogP contribution < -0.4 is 4.74 Å². The van der Waals surface area contributed by atoms with Crippen LogP contribution in [0.5, 0.6) is 5.75 Å². The van der Waals surface area contributed by atoms with E-state index in [-0.39, 0.29) is 0 Å². The SMILES string of the molecule is COc1ccc(-c2cnoc2)nc1. The monoisotopic (exact) mass is 176 g/mol. The molecule has 0 saturated carbocycles. The molecule has 0 bridgehead atoms. The van der Waals surface area contributed by atoms with E-state index in [1.807, 2.05) is 12.1 Å². The Morgan fingerprint density at radius 1 is 1.31 bits per heavy atom. The maximum Gasteiger partial charge on any atom is 0.137 e. The molecule has 0 atom stereocenters. The quantitative estimate of drug-likeness (QED) is 0.699. The van der Waals surface area contributed by atoms with Gasteiger partial charge in [0.25, 0.3) is 0 Å². The van der Waals surface area contributed by atoms with Crippen molar-refractivity contribution in [1.29, 1.82) is 0 Å². The van der Waals surface area contributed by atoms with Gasteiger partial charge < -0.3 is 9.26 Å². The molecule has 0 N–H and O–H groups in total. The lowest BCUT2D eigenvalue weighted by molar-refractivity contribution is 0.413. The molecule has 0 amide bonds. The molecule has 0 fully saturated rings. The lowest BCUT2D eigenvalue weighted by Gasteiger charge is -1.98. The van der Waals surface area contributed by atoms with E-state index in [1.54, 1.807) is 25.8 Å². The zero-order chi connectivity index (χ0) is 9.10. The van der Waals surface area contributed by atoms with Gasteiger partial charge in [0.2, 0.25) is 0 Å². The molecule has 2 rings (SSSR count). The minimum atomic E-state index is 0.736. The molecule has 4 heteroatoms. The number of methoxy groups -OCH3 is 1. The Morgan fingerprint density at radius 2 is 2.23 bits per heavy atom. The topological polar surface area (TPSA) is 48.2 Å². The zero-order valence-corrected chi connectivity index (χ0v) is 7.10. The van der Waals surface area contributed by atoms with Crippen molar-refractivity contribution >= 4 is 0 Å². The second-order valence-corrected chi connectivity index (χ2v) is 2.50. The fraction of sp³-hybridized carbons (Fsp3) is 0.111. The number of rotatable bonds is 2. The number of hydrogen-bond donors (Lipinski definition) is 0. The van der Waals surface area contributed by atoms with Crippen LogP contribution in [-0.2, 0) is 0 Å². The van der Waals surface area contributed by atoms with Crippen LogP contribution in [-0.4, -0.2) is 17.3 Å². The molecule has 2 aromatic heterocycles.